The van der Waals surface area contributed by atoms with Crippen LogP contribution in [0.15, 0.2) is 41.7 Å². The molecular formula is C22H25FN6O2S. The number of anilines is 1. The number of pyridine rings is 1. The number of rotatable bonds is 3. The standard InChI is InChI=1S/C15H14FN3O.C7H11N3OS/c16-13-8-18-7-6-11(13)12-5-4-9-2-1-3-10(9)14(12)19-15(17)20;1-8-5-3-10-7(11-4-5)6(12)2-9-10/h4-8H,1-3H2,(H3,17,19,20);2,5,8,12H,3-4H2,1H3. The Balaban J connectivity index is 0.000000174. The van der Waals surface area contributed by atoms with E-state index in [9.17, 15) is 9.18 Å². The summed E-state index contributed by atoms with van der Waals surface area (Å²) in [4.78, 5) is 15.8. The second kappa shape index (κ2) is 9.58. The molecule has 1 unspecified atom stereocenters. The van der Waals surface area contributed by atoms with Gasteiger partial charge in [-0.3, -0.25) is 4.98 Å². The Kier molecular flexibility index (Phi) is 6.61. The van der Waals surface area contributed by atoms with Gasteiger partial charge >= 0.3 is 6.03 Å². The minimum atomic E-state index is -0.638. The van der Waals surface area contributed by atoms with Crippen molar-refractivity contribution in [2.45, 2.75) is 36.7 Å². The van der Waals surface area contributed by atoms with Gasteiger partial charge in [-0.25, -0.2) is 13.9 Å². The zero-order chi connectivity index (χ0) is 22.7. The smallest absolute Gasteiger partial charge is 0.316 e. The number of nitrogens with one attached hydrogen (secondary N) is 2. The zero-order valence-electron chi connectivity index (χ0n) is 17.6. The normalized spacial score (nSPS) is 16.3. The van der Waals surface area contributed by atoms with Gasteiger partial charge in [-0.2, -0.15) is 5.10 Å². The van der Waals surface area contributed by atoms with Gasteiger partial charge in [-0.15, -0.1) is 12.6 Å². The molecule has 3 heterocycles. The number of primary amides is 1. The number of nitrogens with two attached hydrogens (primary N) is 1. The van der Waals surface area contributed by atoms with E-state index < -0.39 is 11.8 Å². The summed E-state index contributed by atoms with van der Waals surface area (Å²) >= 11 is 4.22. The highest BCUT2D eigenvalue weighted by Gasteiger charge is 2.21. The number of hydrogen-bond donors (Lipinski definition) is 4. The summed E-state index contributed by atoms with van der Waals surface area (Å²) in [5.41, 5.74) is 9.17. The fraction of sp³-hybridized carbons (Fsp3) is 0.318. The summed E-state index contributed by atoms with van der Waals surface area (Å²) < 4.78 is 21.2. The highest BCUT2D eigenvalue weighted by atomic mass is 32.1. The van der Waals surface area contributed by atoms with Gasteiger partial charge in [-0.1, -0.05) is 12.1 Å². The predicted octanol–water partition coefficient (Wildman–Crippen LogP) is 3.02. The third kappa shape index (κ3) is 4.56. The molecule has 1 aromatic carbocycles. The van der Waals surface area contributed by atoms with Crippen LogP contribution in [0.4, 0.5) is 14.9 Å². The molecule has 0 bridgehead atoms. The molecule has 2 aromatic heterocycles. The Labute approximate surface area is 190 Å². The van der Waals surface area contributed by atoms with Crippen molar-refractivity contribution in [1.29, 1.82) is 0 Å². The van der Waals surface area contributed by atoms with Gasteiger partial charge in [0.15, 0.2) is 0 Å². The number of hydrogen-bond acceptors (Lipinski definition) is 6. The number of aryl methyl sites for hydroxylation is 1. The van der Waals surface area contributed by atoms with Crippen molar-refractivity contribution < 1.29 is 13.9 Å². The van der Waals surface area contributed by atoms with Crippen LogP contribution in [0.3, 0.4) is 0 Å². The van der Waals surface area contributed by atoms with Crippen LogP contribution in [-0.4, -0.2) is 40.5 Å². The molecule has 4 N–H and O–H groups in total. The Morgan fingerprint density at radius 1 is 1.28 bits per heavy atom. The maximum atomic E-state index is 13.9. The van der Waals surface area contributed by atoms with Crippen LogP contribution < -0.4 is 21.1 Å². The summed E-state index contributed by atoms with van der Waals surface area (Å²) in [7, 11) is 1.92. The third-order valence-corrected chi connectivity index (χ3v) is 5.90. The lowest BCUT2D eigenvalue weighted by Crippen LogP contribution is -2.39. The first-order valence-corrected chi connectivity index (χ1v) is 10.8. The number of fused-ring (bicyclic) bond motifs is 2. The van der Waals surface area contributed by atoms with Gasteiger partial charge in [-0.05, 0) is 43.5 Å². The first-order valence-electron chi connectivity index (χ1n) is 10.3. The lowest BCUT2D eigenvalue weighted by atomic mass is 9.97. The largest absolute Gasteiger partial charge is 0.475 e. The third-order valence-electron chi connectivity index (χ3n) is 5.59. The number of urea groups is 1. The van der Waals surface area contributed by atoms with Crippen molar-refractivity contribution >= 4 is 24.3 Å². The monoisotopic (exact) mass is 456 g/mol. The van der Waals surface area contributed by atoms with Crippen LogP contribution in [0.5, 0.6) is 5.88 Å². The van der Waals surface area contributed by atoms with E-state index in [0.29, 0.717) is 29.5 Å². The number of ether oxygens (including phenoxy) is 1. The molecule has 10 heteroatoms. The van der Waals surface area contributed by atoms with E-state index in [-0.39, 0.29) is 0 Å². The van der Waals surface area contributed by atoms with Crippen LogP contribution in [0, 0.1) is 5.82 Å². The van der Waals surface area contributed by atoms with Crippen molar-refractivity contribution in [1.82, 2.24) is 20.1 Å². The van der Waals surface area contributed by atoms with E-state index in [2.05, 4.69) is 33.3 Å². The number of aromatic nitrogens is 3. The maximum absolute atomic E-state index is 13.9. The van der Waals surface area contributed by atoms with Crippen LogP contribution in [0.2, 0.25) is 0 Å². The first-order chi connectivity index (χ1) is 15.5. The summed E-state index contributed by atoms with van der Waals surface area (Å²) in [5, 5.41) is 9.92. The number of carbonyl (C=O) groups is 1. The van der Waals surface area contributed by atoms with Crippen molar-refractivity contribution in [3.05, 3.63) is 53.7 Å². The number of thiol groups is 1. The van der Waals surface area contributed by atoms with E-state index in [1.165, 1.54) is 11.8 Å². The van der Waals surface area contributed by atoms with Gasteiger partial charge in [0.25, 0.3) is 0 Å². The number of halogens is 1. The average molecular weight is 457 g/mol. The highest BCUT2D eigenvalue weighted by Crippen LogP contribution is 2.38. The topological polar surface area (TPSA) is 107 Å². The molecule has 32 heavy (non-hydrogen) atoms. The molecule has 8 nitrogen and oxygen atoms in total. The van der Waals surface area contributed by atoms with Crippen molar-refractivity contribution in [2.75, 3.05) is 19.0 Å². The number of amides is 2. The minimum absolute atomic E-state index is 0.352. The Hall–Kier alpha value is -3.11. The molecule has 1 aliphatic carbocycles. The number of nitrogens with zero attached hydrogens (tertiary/aromatic N) is 3. The number of carbonyl (C=O) groups excluding carboxylic acids is 1. The molecule has 3 aromatic rings. The van der Waals surface area contributed by atoms with Crippen LogP contribution in [0.1, 0.15) is 17.5 Å². The molecule has 0 radical (unpaired) electrons. The molecule has 2 amide bonds. The second-order valence-electron chi connectivity index (χ2n) is 7.64. The van der Waals surface area contributed by atoms with Crippen LogP contribution in [-0.2, 0) is 19.4 Å². The molecule has 1 atom stereocenters. The number of likely N-dealkylation sites (N-methyl/N-ethyl adjacent to an activating group) is 1. The Morgan fingerprint density at radius 3 is 2.88 bits per heavy atom. The van der Waals surface area contributed by atoms with E-state index in [4.69, 9.17) is 10.5 Å². The SMILES string of the molecule is CNC1COc2c(S)cnn2C1.NC(=O)Nc1c(-c2ccncc2F)ccc2c1CCC2. The fourth-order valence-electron chi connectivity index (χ4n) is 4.01. The van der Waals surface area contributed by atoms with Crippen molar-refractivity contribution in [3.8, 4) is 17.0 Å². The van der Waals surface area contributed by atoms with Crippen LogP contribution >= 0.6 is 12.6 Å². The maximum Gasteiger partial charge on any atom is 0.316 e. The van der Waals surface area contributed by atoms with Gasteiger partial charge in [0, 0.05) is 17.3 Å². The molecule has 1 aliphatic heterocycles. The summed E-state index contributed by atoms with van der Waals surface area (Å²) in [6, 6.07) is 5.13. The molecule has 2 aliphatic rings. The lowest BCUT2D eigenvalue weighted by molar-refractivity contribution is 0.184. The highest BCUT2D eigenvalue weighted by molar-refractivity contribution is 7.80. The van der Waals surface area contributed by atoms with E-state index in [1.807, 2.05) is 23.9 Å². The summed E-state index contributed by atoms with van der Waals surface area (Å²) in [6.07, 6.45) is 7.27. The molecule has 0 saturated heterocycles. The van der Waals surface area contributed by atoms with E-state index in [1.54, 1.807) is 12.3 Å². The van der Waals surface area contributed by atoms with Crippen molar-refractivity contribution in [3.63, 3.8) is 0 Å². The zero-order valence-corrected chi connectivity index (χ0v) is 18.5. The summed E-state index contributed by atoms with van der Waals surface area (Å²) in [6.45, 7) is 1.54. The molecule has 168 valence electrons. The Morgan fingerprint density at radius 2 is 2.12 bits per heavy atom. The quantitative estimate of drug-likeness (QED) is 0.453. The molecule has 0 saturated carbocycles. The average Bonchev–Trinajstić information content (AvgIpc) is 3.41. The lowest BCUT2D eigenvalue weighted by Gasteiger charge is -2.23. The number of benzene rings is 1. The van der Waals surface area contributed by atoms with Crippen molar-refractivity contribution in [2.24, 2.45) is 5.73 Å². The molecule has 0 fully saturated rings. The van der Waals surface area contributed by atoms with E-state index in [0.717, 1.165) is 48.3 Å². The minimum Gasteiger partial charge on any atom is -0.475 e. The predicted molar refractivity (Wildman–Crippen MR) is 123 cm³/mol. The Bertz CT molecular complexity index is 1140. The first kappa shape index (κ1) is 22.1. The van der Waals surface area contributed by atoms with Gasteiger partial charge in [0.1, 0.15) is 12.4 Å². The van der Waals surface area contributed by atoms with Crippen LogP contribution in [0.25, 0.3) is 11.1 Å². The van der Waals surface area contributed by atoms with Gasteiger partial charge < -0.3 is 21.1 Å². The van der Waals surface area contributed by atoms with Gasteiger partial charge in [0.2, 0.25) is 5.88 Å². The molecule has 5 rings (SSSR count). The summed E-state index contributed by atoms with van der Waals surface area (Å²) in [5.74, 6) is 0.364. The molecular weight excluding hydrogens is 431 g/mol. The van der Waals surface area contributed by atoms with E-state index >= 15 is 0 Å². The fourth-order valence-corrected chi connectivity index (χ4v) is 4.24. The second-order valence-corrected chi connectivity index (χ2v) is 8.12. The van der Waals surface area contributed by atoms with Gasteiger partial charge in [0.05, 0.1) is 35.6 Å². The molecule has 0 spiro atoms.